The smallest absolute Gasteiger partial charge is 0.226 e. The van der Waals surface area contributed by atoms with Crippen LogP contribution >= 0.6 is 0 Å². The Labute approximate surface area is 137 Å². The third kappa shape index (κ3) is 5.66. The Bertz CT molecular complexity index is 606. The number of hydrogen-bond donors (Lipinski definition) is 2. The summed E-state index contributed by atoms with van der Waals surface area (Å²) < 4.78 is 5.37. The van der Waals surface area contributed by atoms with E-state index in [1.54, 1.807) is 0 Å². The lowest BCUT2D eigenvalue weighted by Gasteiger charge is -2.09. The number of aryl methyl sites for hydroxylation is 1. The largest absolute Gasteiger partial charge is 0.494 e. The first-order chi connectivity index (χ1) is 11.2. The topological polar surface area (TPSA) is 50.4 Å². The molecule has 0 aliphatic carbocycles. The molecule has 0 radical (unpaired) electrons. The molecule has 122 valence electrons. The van der Waals surface area contributed by atoms with Crippen molar-refractivity contribution < 1.29 is 9.53 Å². The van der Waals surface area contributed by atoms with Gasteiger partial charge in [0.2, 0.25) is 5.91 Å². The van der Waals surface area contributed by atoms with Crippen molar-refractivity contribution in [3.05, 3.63) is 54.1 Å². The molecule has 0 fully saturated rings. The first-order valence-electron chi connectivity index (χ1n) is 8.06. The maximum atomic E-state index is 11.9. The van der Waals surface area contributed by atoms with Crippen molar-refractivity contribution in [2.24, 2.45) is 0 Å². The standard InChI is InChI=1S/C19H24N2O2/c1-3-15-5-7-16(8-6-15)20-14-13-19(22)21-17-9-11-18(12-10-17)23-4-2/h5-12,20H,3-4,13-14H2,1-2H3,(H,21,22). The number of rotatable bonds is 8. The Morgan fingerprint density at radius 3 is 2.22 bits per heavy atom. The third-order valence-electron chi connectivity index (χ3n) is 3.49. The predicted molar refractivity (Wildman–Crippen MR) is 95.2 cm³/mol. The molecule has 4 nitrogen and oxygen atoms in total. The SMILES string of the molecule is CCOc1ccc(NC(=O)CCNc2ccc(CC)cc2)cc1. The number of carbonyl (C=O) groups excluding carboxylic acids is 1. The summed E-state index contributed by atoms with van der Waals surface area (Å²) in [7, 11) is 0. The fourth-order valence-electron chi connectivity index (χ4n) is 2.20. The van der Waals surface area contributed by atoms with Crippen LogP contribution in [-0.4, -0.2) is 19.1 Å². The van der Waals surface area contributed by atoms with Gasteiger partial charge in [-0.2, -0.15) is 0 Å². The molecule has 0 spiro atoms. The van der Waals surface area contributed by atoms with Gasteiger partial charge in [0.1, 0.15) is 5.75 Å². The Hall–Kier alpha value is -2.49. The first-order valence-corrected chi connectivity index (χ1v) is 8.06. The minimum absolute atomic E-state index is 0.00756. The summed E-state index contributed by atoms with van der Waals surface area (Å²) in [5.41, 5.74) is 3.13. The van der Waals surface area contributed by atoms with Gasteiger partial charge in [0, 0.05) is 24.3 Å². The molecule has 0 saturated heterocycles. The minimum Gasteiger partial charge on any atom is -0.494 e. The number of carbonyl (C=O) groups is 1. The summed E-state index contributed by atoms with van der Waals surface area (Å²) in [6, 6.07) is 15.7. The monoisotopic (exact) mass is 312 g/mol. The maximum absolute atomic E-state index is 11.9. The Balaban J connectivity index is 1.73. The number of ether oxygens (including phenoxy) is 1. The molecule has 0 heterocycles. The van der Waals surface area contributed by atoms with Gasteiger partial charge in [-0.15, -0.1) is 0 Å². The highest BCUT2D eigenvalue weighted by molar-refractivity contribution is 5.91. The summed E-state index contributed by atoms with van der Waals surface area (Å²) in [6.07, 6.45) is 1.45. The number of benzene rings is 2. The molecule has 0 aliphatic heterocycles. The van der Waals surface area contributed by atoms with Gasteiger partial charge in [0.25, 0.3) is 0 Å². The highest BCUT2D eigenvalue weighted by atomic mass is 16.5. The third-order valence-corrected chi connectivity index (χ3v) is 3.49. The predicted octanol–water partition coefficient (Wildman–Crippen LogP) is 4.09. The van der Waals surface area contributed by atoms with E-state index >= 15 is 0 Å². The molecule has 2 rings (SSSR count). The molecule has 2 aromatic carbocycles. The summed E-state index contributed by atoms with van der Waals surface area (Å²) in [4.78, 5) is 11.9. The zero-order chi connectivity index (χ0) is 16.5. The summed E-state index contributed by atoms with van der Waals surface area (Å²) >= 11 is 0. The molecule has 1 amide bonds. The molecule has 0 aliphatic rings. The Morgan fingerprint density at radius 1 is 0.957 bits per heavy atom. The van der Waals surface area contributed by atoms with Crippen molar-refractivity contribution in [2.45, 2.75) is 26.7 Å². The highest BCUT2D eigenvalue weighted by Gasteiger charge is 2.03. The maximum Gasteiger partial charge on any atom is 0.226 e. The van der Waals surface area contributed by atoms with Crippen LogP contribution in [0.4, 0.5) is 11.4 Å². The molecular formula is C19H24N2O2. The average molecular weight is 312 g/mol. The molecular weight excluding hydrogens is 288 g/mol. The number of nitrogens with one attached hydrogen (secondary N) is 2. The van der Waals surface area contributed by atoms with Gasteiger partial charge in [-0.1, -0.05) is 19.1 Å². The van der Waals surface area contributed by atoms with Crippen molar-refractivity contribution in [2.75, 3.05) is 23.8 Å². The van der Waals surface area contributed by atoms with Crippen LogP contribution in [-0.2, 0) is 11.2 Å². The van der Waals surface area contributed by atoms with Crippen LogP contribution < -0.4 is 15.4 Å². The molecule has 0 unspecified atom stereocenters. The lowest BCUT2D eigenvalue weighted by atomic mass is 10.1. The Kier molecular flexibility index (Phi) is 6.48. The van der Waals surface area contributed by atoms with E-state index in [4.69, 9.17) is 4.74 Å². The first kappa shape index (κ1) is 16.9. The van der Waals surface area contributed by atoms with Crippen molar-refractivity contribution in [1.29, 1.82) is 0 Å². The van der Waals surface area contributed by atoms with Gasteiger partial charge < -0.3 is 15.4 Å². The molecule has 4 heteroatoms. The molecule has 0 aromatic heterocycles. The minimum atomic E-state index is -0.00756. The fraction of sp³-hybridized carbons (Fsp3) is 0.316. The molecule has 0 bridgehead atoms. The van der Waals surface area contributed by atoms with Crippen LogP contribution in [0.2, 0.25) is 0 Å². The normalized spacial score (nSPS) is 10.2. The van der Waals surface area contributed by atoms with E-state index in [0.717, 1.165) is 23.5 Å². The molecule has 2 aromatic rings. The fourth-order valence-corrected chi connectivity index (χ4v) is 2.20. The second-order valence-electron chi connectivity index (χ2n) is 5.23. The zero-order valence-electron chi connectivity index (χ0n) is 13.8. The second kappa shape index (κ2) is 8.83. The van der Waals surface area contributed by atoms with Gasteiger partial charge in [0.15, 0.2) is 0 Å². The number of amides is 1. The van der Waals surface area contributed by atoms with Gasteiger partial charge in [-0.3, -0.25) is 4.79 Å². The van der Waals surface area contributed by atoms with E-state index in [1.165, 1.54) is 5.56 Å². The number of hydrogen-bond acceptors (Lipinski definition) is 3. The molecule has 23 heavy (non-hydrogen) atoms. The lowest BCUT2D eigenvalue weighted by molar-refractivity contribution is -0.115. The van der Waals surface area contributed by atoms with Crippen molar-refractivity contribution in [1.82, 2.24) is 0 Å². The van der Waals surface area contributed by atoms with Gasteiger partial charge in [-0.05, 0) is 55.3 Å². The van der Waals surface area contributed by atoms with Crippen LogP contribution in [0.5, 0.6) is 5.75 Å². The lowest BCUT2D eigenvalue weighted by Crippen LogP contribution is -2.16. The summed E-state index contributed by atoms with van der Waals surface area (Å²) in [5.74, 6) is 0.800. The van der Waals surface area contributed by atoms with E-state index in [0.29, 0.717) is 19.6 Å². The van der Waals surface area contributed by atoms with Crippen molar-refractivity contribution >= 4 is 17.3 Å². The van der Waals surface area contributed by atoms with Crippen LogP contribution in [0, 0.1) is 0 Å². The van der Waals surface area contributed by atoms with Gasteiger partial charge >= 0.3 is 0 Å². The quantitative estimate of drug-likeness (QED) is 0.772. The van der Waals surface area contributed by atoms with Crippen molar-refractivity contribution in [3.8, 4) is 5.75 Å². The average Bonchev–Trinajstić information content (AvgIpc) is 2.57. The zero-order valence-corrected chi connectivity index (χ0v) is 13.8. The molecule has 0 atom stereocenters. The van der Waals surface area contributed by atoms with Crippen molar-refractivity contribution in [3.63, 3.8) is 0 Å². The summed E-state index contributed by atoms with van der Waals surface area (Å²) in [5, 5.41) is 6.14. The molecule has 0 saturated carbocycles. The summed E-state index contributed by atoms with van der Waals surface area (Å²) in [6.45, 7) is 5.32. The van der Waals surface area contributed by atoms with E-state index in [2.05, 4.69) is 29.7 Å². The van der Waals surface area contributed by atoms with Crippen LogP contribution in [0.25, 0.3) is 0 Å². The van der Waals surface area contributed by atoms with E-state index in [9.17, 15) is 4.79 Å². The van der Waals surface area contributed by atoms with Crippen LogP contribution in [0.1, 0.15) is 25.8 Å². The molecule has 2 N–H and O–H groups in total. The van der Waals surface area contributed by atoms with Crippen LogP contribution in [0.15, 0.2) is 48.5 Å². The Morgan fingerprint density at radius 2 is 1.61 bits per heavy atom. The van der Waals surface area contributed by atoms with E-state index in [-0.39, 0.29) is 5.91 Å². The second-order valence-corrected chi connectivity index (χ2v) is 5.23. The highest BCUT2D eigenvalue weighted by Crippen LogP contribution is 2.16. The van der Waals surface area contributed by atoms with E-state index < -0.39 is 0 Å². The van der Waals surface area contributed by atoms with E-state index in [1.807, 2.05) is 43.3 Å². The number of anilines is 2. The van der Waals surface area contributed by atoms with Gasteiger partial charge in [-0.25, -0.2) is 0 Å². The van der Waals surface area contributed by atoms with Gasteiger partial charge in [0.05, 0.1) is 6.61 Å². The van der Waals surface area contributed by atoms with Crippen LogP contribution in [0.3, 0.4) is 0 Å².